The van der Waals surface area contributed by atoms with Gasteiger partial charge in [0.05, 0.1) is 18.0 Å². The molecule has 108 valence electrons. The second-order valence-corrected chi connectivity index (χ2v) is 5.32. The number of hydrogen-bond donors (Lipinski definition) is 2. The van der Waals surface area contributed by atoms with Crippen LogP contribution in [0.3, 0.4) is 0 Å². The summed E-state index contributed by atoms with van der Waals surface area (Å²) in [6.07, 6.45) is 0. The maximum Gasteiger partial charge on any atom is 0.258 e. The molecule has 1 heterocycles. The summed E-state index contributed by atoms with van der Waals surface area (Å²) in [6.45, 7) is 0.835. The SMILES string of the molecule is NCC#Cc1ccc(CNC(=O)COc2ccccc2)s1. The average molecular weight is 300 g/mol. The number of ether oxygens (including phenoxy) is 1. The summed E-state index contributed by atoms with van der Waals surface area (Å²) < 4.78 is 5.37. The molecule has 0 aliphatic heterocycles. The Balaban J connectivity index is 1.75. The number of nitrogens with two attached hydrogens (primary N) is 1. The molecule has 0 radical (unpaired) electrons. The van der Waals surface area contributed by atoms with Crippen molar-refractivity contribution in [1.82, 2.24) is 5.32 Å². The van der Waals surface area contributed by atoms with Crippen molar-refractivity contribution in [2.45, 2.75) is 6.54 Å². The molecule has 1 aromatic carbocycles. The molecule has 3 N–H and O–H groups in total. The first kappa shape index (κ1) is 15.1. The van der Waals surface area contributed by atoms with Crippen LogP contribution in [0.25, 0.3) is 0 Å². The summed E-state index contributed by atoms with van der Waals surface area (Å²) in [4.78, 5) is 13.7. The highest BCUT2D eigenvalue weighted by Gasteiger charge is 2.04. The van der Waals surface area contributed by atoms with E-state index in [0.717, 1.165) is 9.75 Å². The molecule has 0 saturated heterocycles. The third-order valence-electron chi connectivity index (χ3n) is 2.55. The number of thiophene rings is 1. The normalized spacial score (nSPS) is 9.57. The van der Waals surface area contributed by atoms with Crippen LogP contribution in [0.1, 0.15) is 9.75 Å². The molecule has 0 unspecified atom stereocenters. The van der Waals surface area contributed by atoms with E-state index < -0.39 is 0 Å². The third-order valence-corrected chi connectivity index (χ3v) is 3.55. The zero-order chi connectivity index (χ0) is 14.9. The number of carbonyl (C=O) groups is 1. The predicted octanol–water partition coefficient (Wildman–Crippen LogP) is 1.75. The van der Waals surface area contributed by atoms with Crippen molar-refractivity contribution in [3.05, 3.63) is 52.2 Å². The lowest BCUT2D eigenvalue weighted by Gasteiger charge is -2.06. The second kappa shape index (κ2) is 8.10. The molecule has 0 bridgehead atoms. The highest BCUT2D eigenvalue weighted by atomic mass is 32.1. The van der Waals surface area contributed by atoms with Gasteiger partial charge in [0, 0.05) is 4.88 Å². The van der Waals surface area contributed by atoms with E-state index >= 15 is 0 Å². The zero-order valence-electron chi connectivity index (χ0n) is 11.5. The van der Waals surface area contributed by atoms with Gasteiger partial charge in [-0.1, -0.05) is 30.0 Å². The average Bonchev–Trinajstić information content (AvgIpc) is 2.98. The standard InChI is InChI=1S/C16H16N2O2S/c17-10-4-7-14-8-9-15(21-14)11-18-16(19)12-20-13-5-2-1-3-6-13/h1-3,5-6,8-9H,10-12,17H2,(H,18,19). The van der Waals surface area contributed by atoms with E-state index in [9.17, 15) is 4.79 Å². The number of nitrogens with one attached hydrogen (secondary N) is 1. The largest absolute Gasteiger partial charge is 0.484 e. The number of para-hydroxylation sites is 1. The molecule has 1 amide bonds. The van der Waals surface area contributed by atoms with Gasteiger partial charge in [-0.25, -0.2) is 0 Å². The van der Waals surface area contributed by atoms with Crippen LogP contribution < -0.4 is 15.8 Å². The Morgan fingerprint density at radius 3 is 2.81 bits per heavy atom. The minimum Gasteiger partial charge on any atom is -0.484 e. The molecular formula is C16H16N2O2S. The second-order valence-electron chi connectivity index (χ2n) is 4.15. The maximum atomic E-state index is 11.7. The minimum atomic E-state index is -0.151. The molecule has 2 aromatic rings. The highest BCUT2D eigenvalue weighted by Crippen LogP contribution is 2.15. The fourth-order valence-electron chi connectivity index (χ4n) is 1.58. The third kappa shape index (κ3) is 5.30. The lowest BCUT2D eigenvalue weighted by Crippen LogP contribution is -2.28. The first-order valence-electron chi connectivity index (χ1n) is 6.50. The van der Waals surface area contributed by atoms with E-state index in [-0.39, 0.29) is 12.5 Å². The highest BCUT2D eigenvalue weighted by molar-refractivity contribution is 7.12. The number of rotatable bonds is 5. The fraction of sp³-hybridized carbons (Fsp3) is 0.188. The van der Waals surface area contributed by atoms with Crippen molar-refractivity contribution >= 4 is 17.2 Å². The van der Waals surface area contributed by atoms with E-state index in [1.165, 1.54) is 0 Å². The molecule has 0 aliphatic carbocycles. The molecular weight excluding hydrogens is 284 g/mol. The van der Waals surface area contributed by atoms with Crippen molar-refractivity contribution in [1.29, 1.82) is 0 Å². The van der Waals surface area contributed by atoms with Gasteiger partial charge in [-0.15, -0.1) is 11.3 Å². The molecule has 5 heteroatoms. The van der Waals surface area contributed by atoms with Gasteiger partial charge < -0.3 is 15.8 Å². The Morgan fingerprint density at radius 1 is 1.24 bits per heavy atom. The Kier molecular flexibility index (Phi) is 5.83. The first-order valence-corrected chi connectivity index (χ1v) is 7.32. The number of hydrogen-bond acceptors (Lipinski definition) is 4. The van der Waals surface area contributed by atoms with E-state index in [1.807, 2.05) is 42.5 Å². The smallest absolute Gasteiger partial charge is 0.258 e. The molecule has 1 aromatic heterocycles. The molecule has 0 fully saturated rings. The predicted molar refractivity (Wildman–Crippen MR) is 84.0 cm³/mol. The minimum absolute atomic E-state index is 0.00915. The molecule has 4 nitrogen and oxygen atoms in total. The van der Waals surface area contributed by atoms with E-state index in [2.05, 4.69) is 17.2 Å². The van der Waals surface area contributed by atoms with Gasteiger partial charge in [0.25, 0.3) is 5.91 Å². The summed E-state index contributed by atoms with van der Waals surface area (Å²) in [6, 6.07) is 13.1. The molecule has 2 rings (SSSR count). The maximum absolute atomic E-state index is 11.7. The van der Waals surface area contributed by atoms with Gasteiger partial charge in [0.2, 0.25) is 0 Å². The number of benzene rings is 1. The van der Waals surface area contributed by atoms with Crippen LogP contribution in [0, 0.1) is 11.8 Å². The van der Waals surface area contributed by atoms with Crippen LogP contribution >= 0.6 is 11.3 Å². The van der Waals surface area contributed by atoms with Crippen LogP contribution in [-0.4, -0.2) is 19.1 Å². The summed E-state index contributed by atoms with van der Waals surface area (Å²) in [5.41, 5.74) is 5.32. The topological polar surface area (TPSA) is 64.3 Å². The van der Waals surface area contributed by atoms with Gasteiger partial charge in [-0.3, -0.25) is 4.79 Å². The van der Waals surface area contributed by atoms with E-state index in [0.29, 0.717) is 18.8 Å². The molecule has 21 heavy (non-hydrogen) atoms. The van der Waals surface area contributed by atoms with Gasteiger partial charge >= 0.3 is 0 Å². The van der Waals surface area contributed by atoms with Crippen LogP contribution in [-0.2, 0) is 11.3 Å². The monoisotopic (exact) mass is 300 g/mol. The van der Waals surface area contributed by atoms with Crippen molar-refractivity contribution < 1.29 is 9.53 Å². The summed E-state index contributed by atoms with van der Waals surface area (Å²) in [7, 11) is 0. The van der Waals surface area contributed by atoms with E-state index in [1.54, 1.807) is 11.3 Å². The van der Waals surface area contributed by atoms with Crippen molar-refractivity contribution in [2.75, 3.05) is 13.2 Å². The quantitative estimate of drug-likeness (QED) is 0.827. The molecule has 0 aliphatic rings. The summed E-state index contributed by atoms with van der Waals surface area (Å²) >= 11 is 1.54. The van der Waals surface area contributed by atoms with Gasteiger partial charge in [0.15, 0.2) is 6.61 Å². The Labute approximate surface area is 127 Å². The van der Waals surface area contributed by atoms with Gasteiger partial charge in [-0.05, 0) is 24.3 Å². The lowest BCUT2D eigenvalue weighted by atomic mass is 10.3. The summed E-state index contributed by atoms with van der Waals surface area (Å²) in [5, 5.41) is 2.81. The molecule has 0 spiro atoms. The van der Waals surface area contributed by atoms with Gasteiger partial charge in [0.1, 0.15) is 5.75 Å². The van der Waals surface area contributed by atoms with Gasteiger partial charge in [-0.2, -0.15) is 0 Å². The van der Waals surface area contributed by atoms with E-state index in [4.69, 9.17) is 10.5 Å². The lowest BCUT2D eigenvalue weighted by molar-refractivity contribution is -0.123. The van der Waals surface area contributed by atoms with Crippen molar-refractivity contribution in [2.24, 2.45) is 5.73 Å². The number of amides is 1. The Bertz CT molecular complexity index is 641. The summed E-state index contributed by atoms with van der Waals surface area (Å²) in [5.74, 6) is 6.30. The first-order chi connectivity index (χ1) is 10.3. The Hall–Kier alpha value is -2.29. The van der Waals surface area contributed by atoms with Crippen LogP contribution in [0.15, 0.2) is 42.5 Å². The zero-order valence-corrected chi connectivity index (χ0v) is 12.3. The Morgan fingerprint density at radius 2 is 2.05 bits per heavy atom. The van der Waals surface area contributed by atoms with Crippen LogP contribution in [0.2, 0.25) is 0 Å². The number of carbonyl (C=O) groups excluding carboxylic acids is 1. The fourth-order valence-corrected chi connectivity index (χ4v) is 2.40. The van der Waals surface area contributed by atoms with Crippen molar-refractivity contribution in [3.63, 3.8) is 0 Å². The van der Waals surface area contributed by atoms with Crippen LogP contribution in [0.5, 0.6) is 5.75 Å². The van der Waals surface area contributed by atoms with Crippen molar-refractivity contribution in [3.8, 4) is 17.6 Å². The molecule has 0 atom stereocenters. The van der Waals surface area contributed by atoms with Crippen LogP contribution in [0.4, 0.5) is 0 Å². The molecule has 0 saturated carbocycles.